The van der Waals surface area contributed by atoms with Crippen molar-refractivity contribution in [2.24, 2.45) is 0 Å². The smallest absolute Gasteiger partial charge is 0.328 e. The fourth-order valence-electron chi connectivity index (χ4n) is 1.50. The van der Waals surface area contributed by atoms with Crippen molar-refractivity contribution in [1.82, 2.24) is 8.75 Å². The van der Waals surface area contributed by atoms with Gasteiger partial charge in [0.05, 0.1) is 11.7 Å². The highest BCUT2D eigenvalue weighted by atomic mass is 32.1. The van der Waals surface area contributed by atoms with E-state index in [0.717, 1.165) is 23.9 Å². The third-order valence-electron chi connectivity index (χ3n) is 2.29. The minimum Gasteiger partial charge on any atom is -0.478 e. The molecule has 1 aromatic carbocycles. The van der Waals surface area contributed by atoms with E-state index < -0.39 is 11.9 Å². The van der Waals surface area contributed by atoms with Gasteiger partial charge in [-0.3, -0.25) is 0 Å². The second-order valence-corrected chi connectivity index (χ2v) is 4.08. The Morgan fingerprint density at radius 2 is 1.37 bits per heavy atom. The van der Waals surface area contributed by atoms with Gasteiger partial charge >= 0.3 is 11.9 Å². The SMILES string of the molecule is O=C(O)C=Cc1ccc(C=CC(=O)O)c2nsnc12. The van der Waals surface area contributed by atoms with Crippen LogP contribution in [0.3, 0.4) is 0 Å². The maximum absolute atomic E-state index is 10.5. The lowest BCUT2D eigenvalue weighted by Gasteiger charge is -1.98. The van der Waals surface area contributed by atoms with Crippen LogP contribution < -0.4 is 0 Å². The van der Waals surface area contributed by atoms with Crippen molar-refractivity contribution in [1.29, 1.82) is 0 Å². The van der Waals surface area contributed by atoms with Crippen LogP contribution in [0.15, 0.2) is 24.3 Å². The predicted octanol–water partition coefficient (Wildman–Crippen LogP) is 1.89. The topological polar surface area (TPSA) is 100 Å². The van der Waals surface area contributed by atoms with Crippen molar-refractivity contribution in [2.75, 3.05) is 0 Å². The van der Waals surface area contributed by atoms with Crippen molar-refractivity contribution >= 4 is 46.9 Å². The van der Waals surface area contributed by atoms with Crippen LogP contribution in [0, 0.1) is 0 Å². The van der Waals surface area contributed by atoms with E-state index in [0.29, 0.717) is 22.2 Å². The third kappa shape index (κ3) is 3.02. The Hall–Kier alpha value is -2.54. The molecule has 0 aliphatic heterocycles. The first-order valence-corrected chi connectivity index (χ1v) is 5.88. The molecule has 0 saturated carbocycles. The second-order valence-electron chi connectivity index (χ2n) is 3.55. The summed E-state index contributed by atoms with van der Waals surface area (Å²) in [7, 11) is 0. The minimum atomic E-state index is -1.05. The standard InChI is InChI=1S/C12H8N2O4S/c15-9(16)5-3-7-1-2-8(4-6-10(17)18)12-11(7)13-19-14-12/h1-6H,(H,15,16)(H,17,18). The highest BCUT2D eigenvalue weighted by Crippen LogP contribution is 2.23. The summed E-state index contributed by atoms with van der Waals surface area (Å²) >= 11 is 0.987. The highest BCUT2D eigenvalue weighted by molar-refractivity contribution is 7.00. The average molecular weight is 276 g/mol. The fourth-order valence-corrected chi connectivity index (χ4v) is 2.08. The zero-order chi connectivity index (χ0) is 13.8. The van der Waals surface area contributed by atoms with E-state index in [1.54, 1.807) is 12.1 Å². The second kappa shape index (κ2) is 5.40. The molecule has 0 unspecified atom stereocenters. The van der Waals surface area contributed by atoms with Crippen LogP contribution in [-0.4, -0.2) is 30.9 Å². The molecule has 0 spiro atoms. The number of carboxylic acids is 2. The zero-order valence-corrected chi connectivity index (χ0v) is 10.3. The molecule has 1 aromatic heterocycles. The molecule has 19 heavy (non-hydrogen) atoms. The number of benzene rings is 1. The lowest BCUT2D eigenvalue weighted by molar-refractivity contribution is -0.132. The molecule has 0 amide bonds. The van der Waals surface area contributed by atoms with Gasteiger partial charge in [0.15, 0.2) is 0 Å². The number of carbonyl (C=O) groups is 2. The largest absolute Gasteiger partial charge is 0.478 e. The van der Waals surface area contributed by atoms with Gasteiger partial charge in [-0.1, -0.05) is 12.1 Å². The lowest BCUT2D eigenvalue weighted by atomic mass is 10.1. The van der Waals surface area contributed by atoms with Gasteiger partial charge in [-0.2, -0.15) is 8.75 Å². The molecule has 2 rings (SSSR count). The first-order valence-electron chi connectivity index (χ1n) is 5.15. The van der Waals surface area contributed by atoms with E-state index >= 15 is 0 Å². The molecule has 0 saturated heterocycles. The number of fused-ring (bicyclic) bond motifs is 1. The van der Waals surface area contributed by atoms with Crippen LogP contribution in [0.25, 0.3) is 23.2 Å². The van der Waals surface area contributed by atoms with Crippen molar-refractivity contribution in [3.63, 3.8) is 0 Å². The Bertz CT molecular complexity index is 645. The summed E-state index contributed by atoms with van der Waals surface area (Å²) in [4.78, 5) is 21.0. The first-order chi connectivity index (χ1) is 9.08. The molecule has 2 aromatic rings. The maximum atomic E-state index is 10.5. The fraction of sp³-hybridized carbons (Fsp3) is 0. The lowest BCUT2D eigenvalue weighted by Crippen LogP contribution is -1.88. The number of aromatic nitrogens is 2. The van der Waals surface area contributed by atoms with Crippen molar-refractivity contribution < 1.29 is 19.8 Å². The van der Waals surface area contributed by atoms with Gasteiger partial charge in [-0.15, -0.1) is 0 Å². The van der Waals surface area contributed by atoms with Crippen LogP contribution in [0.1, 0.15) is 11.1 Å². The molecule has 7 heteroatoms. The number of hydrogen-bond acceptors (Lipinski definition) is 5. The van der Waals surface area contributed by atoms with Crippen LogP contribution in [0.5, 0.6) is 0 Å². The Morgan fingerprint density at radius 3 is 1.74 bits per heavy atom. The van der Waals surface area contributed by atoms with Crippen LogP contribution in [0.2, 0.25) is 0 Å². The van der Waals surface area contributed by atoms with Crippen LogP contribution in [-0.2, 0) is 9.59 Å². The van der Waals surface area contributed by atoms with Crippen molar-refractivity contribution in [2.45, 2.75) is 0 Å². The monoisotopic (exact) mass is 276 g/mol. The summed E-state index contributed by atoms with van der Waals surface area (Å²) in [5.74, 6) is -2.10. The average Bonchev–Trinajstić information content (AvgIpc) is 2.83. The maximum Gasteiger partial charge on any atom is 0.328 e. The van der Waals surface area contributed by atoms with E-state index in [9.17, 15) is 9.59 Å². The third-order valence-corrected chi connectivity index (χ3v) is 2.82. The molecule has 2 N–H and O–H groups in total. The van der Waals surface area contributed by atoms with Gasteiger partial charge in [-0.25, -0.2) is 9.59 Å². The molecule has 0 aliphatic carbocycles. The van der Waals surface area contributed by atoms with Crippen LogP contribution >= 0.6 is 11.7 Å². The molecule has 0 fully saturated rings. The molecule has 0 radical (unpaired) electrons. The number of nitrogens with zero attached hydrogens (tertiary/aromatic N) is 2. The van der Waals surface area contributed by atoms with Crippen LogP contribution in [0.4, 0.5) is 0 Å². The van der Waals surface area contributed by atoms with Gasteiger partial charge < -0.3 is 10.2 Å². The highest BCUT2D eigenvalue weighted by Gasteiger charge is 2.07. The summed E-state index contributed by atoms with van der Waals surface area (Å²) < 4.78 is 8.18. The van der Waals surface area contributed by atoms with E-state index in [-0.39, 0.29) is 0 Å². The van der Waals surface area contributed by atoms with Gasteiger partial charge in [0.2, 0.25) is 0 Å². The van der Waals surface area contributed by atoms with E-state index in [2.05, 4.69) is 8.75 Å². The molecule has 0 atom stereocenters. The summed E-state index contributed by atoms with van der Waals surface area (Å²) in [5, 5.41) is 17.2. The van der Waals surface area contributed by atoms with Gasteiger partial charge in [0.25, 0.3) is 0 Å². The molecule has 6 nitrogen and oxygen atoms in total. The minimum absolute atomic E-state index is 0.551. The summed E-state index contributed by atoms with van der Waals surface area (Å²) in [6.45, 7) is 0. The van der Waals surface area contributed by atoms with Crippen molar-refractivity contribution in [3.8, 4) is 0 Å². The van der Waals surface area contributed by atoms with E-state index in [4.69, 9.17) is 10.2 Å². The molecular formula is C12H8N2O4S. The number of rotatable bonds is 4. The summed E-state index contributed by atoms with van der Waals surface area (Å²) in [6.07, 6.45) is 4.88. The quantitative estimate of drug-likeness (QED) is 0.827. The Labute approximate surface area is 111 Å². The normalized spacial score (nSPS) is 11.6. The number of aliphatic carboxylic acids is 2. The summed E-state index contributed by atoms with van der Waals surface area (Å²) in [5.41, 5.74) is 2.35. The molecule has 96 valence electrons. The predicted molar refractivity (Wildman–Crippen MR) is 70.8 cm³/mol. The Balaban J connectivity index is 2.50. The van der Waals surface area contributed by atoms with Gasteiger partial charge in [0.1, 0.15) is 11.0 Å². The van der Waals surface area contributed by atoms with E-state index in [1.807, 2.05) is 0 Å². The van der Waals surface area contributed by atoms with Gasteiger partial charge in [-0.05, 0) is 12.2 Å². The molecule has 0 aliphatic rings. The Morgan fingerprint density at radius 1 is 0.947 bits per heavy atom. The summed E-state index contributed by atoms with van der Waals surface area (Å²) in [6, 6.07) is 3.34. The Kier molecular flexibility index (Phi) is 3.67. The van der Waals surface area contributed by atoms with E-state index in [1.165, 1.54) is 12.2 Å². The number of hydrogen-bond donors (Lipinski definition) is 2. The molecule has 0 bridgehead atoms. The van der Waals surface area contributed by atoms with Crippen molar-refractivity contribution in [3.05, 3.63) is 35.4 Å². The number of carboxylic acid groups (broad SMARTS) is 2. The van der Waals surface area contributed by atoms with Gasteiger partial charge in [0, 0.05) is 23.3 Å². The molecule has 1 heterocycles. The zero-order valence-electron chi connectivity index (χ0n) is 9.48. The first kappa shape index (κ1) is 12.9. The molecular weight excluding hydrogens is 268 g/mol.